The van der Waals surface area contributed by atoms with Crippen LogP contribution in [0.3, 0.4) is 0 Å². The third kappa shape index (κ3) is 1.14. The molecule has 0 saturated carbocycles. The molecule has 2 aromatic rings. The third-order valence-electron chi connectivity index (χ3n) is 1.96. The molecule has 2 aromatic carbocycles. The number of phenolic OH excluding ortho intramolecular Hbond substituents is 3. The fourth-order valence-electron chi connectivity index (χ4n) is 1.28. The third-order valence-corrected chi connectivity index (χ3v) is 1.96. The maximum absolute atomic E-state index is 9.42. The average Bonchev–Trinajstić information content (AvgIpc) is 2.12. The van der Waals surface area contributed by atoms with E-state index in [2.05, 4.69) is 0 Å². The molecule has 0 bridgehead atoms. The van der Waals surface area contributed by atoms with E-state index in [-0.39, 0.29) is 17.2 Å². The van der Waals surface area contributed by atoms with Crippen LogP contribution in [0.25, 0.3) is 10.8 Å². The monoisotopic (exact) mass is 176 g/mol. The summed E-state index contributed by atoms with van der Waals surface area (Å²) in [5.41, 5.74) is 0. The minimum atomic E-state index is -0.201. The summed E-state index contributed by atoms with van der Waals surface area (Å²) < 4.78 is 0. The Morgan fingerprint density at radius 3 is 2.31 bits per heavy atom. The average molecular weight is 176 g/mol. The molecule has 0 saturated heterocycles. The summed E-state index contributed by atoms with van der Waals surface area (Å²) in [5.74, 6) is -0.320. The first-order valence-corrected chi connectivity index (χ1v) is 3.82. The van der Waals surface area contributed by atoms with Crippen LogP contribution in [-0.2, 0) is 0 Å². The van der Waals surface area contributed by atoms with E-state index in [9.17, 15) is 10.2 Å². The van der Waals surface area contributed by atoms with Crippen molar-refractivity contribution in [2.24, 2.45) is 0 Å². The first-order chi connectivity index (χ1) is 6.18. The molecule has 0 spiro atoms. The first-order valence-electron chi connectivity index (χ1n) is 3.82. The summed E-state index contributed by atoms with van der Waals surface area (Å²) in [6.45, 7) is 0. The van der Waals surface area contributed by atoms with Gasteiger partial charge in [0, 0.05) is 5.39 Å². The van der Waals surface area contributed by atoms with Crippen molar-refractivity contribution in [3.8, 4) is 17.2 Å². The van der Waals surface area contributed by atoms with Crippen LogP contribution < -0.4 is 0 Å². The Kier molecular flexibility index (Phi) is 1.52. The van der Waals surface area contributed by atoms with Crippen LogP contribution in [0.15, 0.2) is 30.3 Å². The molecular formula is C10H8O3. The van der Waals surface area contributed by atoms with Crippen molar-refractivity contribution in [3.63, 3.8) is 0 Å². The second-order valence-corrected chi connectivity index (χ2v) is 2.84. The fraction of sp³-hybridized carbons (Fsp3) is 0. The van der Waals surface area contributed by atoms with Gasteiger partial charge in [0.2, 0.25) is 0 Å². The normalized spacial score (nSPS) is 10.5. The molecule has 2 rings (SSSR count). The Hall–Kier alpha value is -1.90. The van der Waals surface area contributed by atoms with Crippen LogP contribution >= 0.6 is 0 Å². The summed E-state index contributed by atoms with van der Waals surface area (Å²) in [6.07, 6.45) is 0. The van der Waals surface area contributed by atoms with Crippen molar-refractivity contribution in [3.05, 3.63) is 30.3 Å². The molecule has 0 heterocycles. The molecule has 0 aliphatic rings. The highest BCUT2D eigenvalue weighted by atomic mass is 16.3. The summed E-state index contributed by atoms with van der Waals surface area (Å²) in [4.78, 5) is 0. The molecule has 0 fully saturated rings. The highest BCUT2D eigenvalue weighted by Crippen LogP contribution is 2.34. The molecule has 3 heteroatoms. The van der Waals surface area contributed by atoms with Gasteiger partial charge in [0.1, 0.15) is 5.75 Å². The van der Waals surface area contributed by atoms with E-state index in [0.29, 0.717) is 5.39 Å². The number of aromatic hydroxyl groups is 3. The largest absolute Gasteiger partial charge is 0.508 e. The maximum Gasteiger partial charge on any atom is 0.165 e. The Morgan fingerprint density at radius 2 is 1.54 bits per heavy atom. The Morgan fingerprint density at radius 1 is 0.846 bits per heavy atom. The van der Waals surface area contributed by atoms with E-state index >= 15 is 0 Å². The van der Waals surface area contributed by atoms with Crippen LogP contribution in [0, 0.1) is 0 Å². The van der Waals surface area contributed by atoms with Crippen LogP contribution in [0.5, 0.6) is 17.2 Å². The van der Waals surface area contributed by atoms with Gasteiger partial charge >= 0.3 is 0 Å². The predicted octanol–water partition coefficient (Wildman–Crippen LogP) is 1.96. The van der Waals surface area contributed by atoms with E-state index in [1.54, 1.807) is 12.1 Å². The van der Waals surface area contributed by atoms with Crippen molar-refractivity contribution in [1.29, 1.82) is 0 Å². The van der Waals surface area contributed by atoms with Crippen LogP contribution in [-0.4, -0.2) is 15.3 Å². The van der Waals surface area contributed by atoms with Gasteiger partial charge in [0.05, 0.1) is 0 Å². The number of rotatable bonds is 0. The van der Waals surface area contributed by atoms with Gasteiger partial charge in [-0.1, -0.05) is 12.1 Å². The fourth-order valence-corrected chi connectivity index (χ4v) is 1.28. The molecule has 3 nitrogen and oxygen atoms in total. The van der Waals surface area contributed by atoms with Gasteiger partial charge in [0.25, 0.3) is 0 Å². The number of phenols is 3. The van der Waals surface area contributed by atoms with Crippen molar-refractivity contribution >= 4 is 10.8 Å². The molecular weight excluding hydrogens is 168 g/mol. The summed E-state index contributed by atoms with van der Waals surface area (Å²) >= 11 is 0. The topological polar surface area (TPSA) is 60.7 Å². The van der Waals surface area contributed by atoms with Gasteiger partial charge in [-0.25, -0.2) is 0 Å². The van der Waals surface area contributed by atoms with Crippen molar-refractivity contribution in [2.75, 3.05) is 0 Å². The summed E-state index contributed by atoms with van der Waals surface area (Å²) in [5, 5.41) is 29.0. The number of hydrogen-bond donors (Lipinski definition) is 3. The lowest BCUT2D eigenvalue weighted by atomic mass is 10.1. The predicted molar refractivity (Wildman–Crippen MR) is 48.9 cm³/mol. The standard InChI is InChI=1S/C10H8O3/c11-7-3-1-6-2-4-9(12)10(13)8(6)5-7/h1-5,11-13H. The van der Waals surface area contributed by atoms with Crippen LogP contribution in [0.2, 0.25) is 0 Å². The van der Waals surface area contributed by atoms with E-state index in [0.717, 1.165) is 5.39 Å². The quantitative estimate of drug-likeness (QED) is 0.537. The Balaban J connectivity index is 2.89. The summed E-state index contributed by atoms with van der Waals surface area (Å²) in [7, 11) is 0. The number of hydrogen-bond acceptors (Lipinski definition) is 3. The van der Waals surface area contributed by atoms with E-state index in [1.807, 2.05) is 0 Å². The summed E-state index contributed by atoms with van der Waals surface area (Å²) in [6, 6.07) is 7.69. The van der Waals surface area contributed by atoms with Gasteiger partial charge in [-0.15, -0.1) is 0 Å². The highest BCUT2D eigenvalue weighted by Gasteiger charge is 2.04. The van der Waals surface area contributed by atoms with Gasteiger partial charge in [-0.3, -0.25) is 0 Å². The Bertz CT molecular complexity index is 458. The molecule has 0 aliphatic carbocycles. The lowest BCUT2D eigenvalue weighted by molar-refractivity contribution is 0.408. The number of benzene rings is 2. The van der Waals surface area contributed by atoms with Crippen molar-refractivity contribution in [1.82, 2.24) is 0 Å². The zero-order valence-electron chi connectivity index (χ0n) is 6.73. The van der Waals surface area contributed by atoms with Gasteiger partial charge in [-0.05, 0) is 23.6 Å². The molecule has 0 aliphatic heterocycles. The zero-order chi connectivity index (χ0) is 9.42. The lowest BCUT2D eigenvalue weighted by Gasteiger charge is -2.02. The highest BCUT2D eigenvalue weighted by molar-refractivity contribution is 5.91. The zero-order valence-corrected chi connectivity index (χ0v) is 6.73. The van der Waals surface area contributed by atoms with E-state index in [4.69, 9.17) is 5.11 Å². The minimum absolute atomic E-state index is 0.0633. The molecule has 0 amide bonds. The van der Waals surface area contributed by atoms with Gasteiger partial charge in [0.15, 0.2) is 11.5 Å². The molecule has 0 atom stereocenters. The SMILES string of the molecule is Oc1ccc2ccc(O)c(O)c2c1. The molecule has 13 heavy (non-hydrogen) atoms. The Labute approximate surface area is 74.5 Å². The minimum Gasteiger partial charge on any atom is -0.508 e. The molecule has 0 aromatic heterocycles. The molecule has 3 N–H and O–H groups in total. The second kappa shape index (κ2) is 2.55. The number of fused-ring (bicyclic) bond motifs is 1. The van der Waals surface area contributed by atoms with Gasteiger partial charge < -0.3 is 15.3 Å². The second-order valence-electron chi connectivity index (χ2n) is 2.84. The van der Waals surface area contributed by atoms with Crippen LogP contribution in [0.4, 0.5) is 0 Å². The van der Waals surface area contributed by atoms with E-state index < -0.39 is 0 Å². The molecule has 66 valence electrons. The van der Waals surface area contributed by atoms with Crippen molar-refractivity contribution in [2.45, 2.75) is 0 Å². The molecule has 0 radical (unpaired) electrons. The van der Waals surface area contributed by atoms with Crippen LogP contribution in [0.1, 0.15) is 0 Å². The smallest absolute Gasteiger partial charge is 0.165 e. The van der Waals surface area contributed by atoms with Crippen molar-refractivity contribution < 1.29 is 15.3 Å². The molecule has 0 unspecified atom stereocenters. The lowest BCUT2D eigenvalue weighted by Crippen LogP contribution is -1.75. The van der Waals surface area contributed by atoms with E-state index in [1.165, 1.54) is 18.2 Å². The maximum atomic E-state index is 9.42. The first kappa shape index (κ1) is 7.73. The van der Waals surface area contributed by atoms with Gasteiger partial charge in [-0.2, -0.15) is 0 Å².